The van der Waals surface area contributed by atoms with Crippen molar-refractivity contribution < 1.29 is 18.0 Å². The third-order valence-electron chi connectivity index (χ3n) is 5.23. The number of hydrogen-bond acceptors (Lipinski definition) is 5. The van der Waals surface area contributed by atoms with Gasteiger partial charge in [-0.25, -0.2) is 27.4 Å². The maximum Gasteiger partial charge on any atom is 0.280 e. The van der Waals surface area contributed by atoms with Gasteiger partial charge in [-0.3, -0.25) is 4.79 Å². The first kappa shape index (κ1) is 21.8. The fourth-order valence-corrected chi connectivity index (χ4v) is 3.56. The van der Waals surface area contributed by atoms with Crippen molar-refractivity contribution in [2.75, 3.05) is 5.32 Å². The molecule has 0 saturated heterocycles. The van der Waals surface area contributed by atoms with E-state index in [1.807, 2.05) is 6.07 Å². The van der Waals surface area contributed by atoms with Gasteiger partial charge in [-0.1, -0.05) is 18.2 Å². The number of alkyl halides is 2. The molecule has 0 radical (unpaired) electrons. The number of para-hydroxylation sites is 1. The van der Waals surface area contributed by atoms with Crippen molar-refractivity contribution in [1.82, 2.24) is 24.4 Å². The van der Waals surface area contributed by atoms with Crippen LogP contribution in [0.5, 0.6) is 0 Å². The summed E-state index contributed by atoms with van der Waals surface area (Å²) >= 11 is 0. The van der Waals surface area contributed by atoms with Gasteiger partial charge in [0.25, 0.3) is 12.3 Å². The minimum Gasteiger partial charge on any atom is -0.305 e. The summed E-state index contributed by atoms with van der Waals surface area (Å²) in [5.74, 6) is -1.11. The third-order valence-corrected chi connectivity index (χ3v) is 5.23. The summed E-state index contributed by atoms with van der Waals surface area (Å²) in [4.78, 5) is 17.6. The van der Waals surface area contributed by atoms with E-state index < -0.39 is 23.8 Å². The van der Waals surface area contributed by atoms with E-state index in [2.05, 4.69) is 20.5 Å². The van der Waals surface area contributed by atoms with Crippen molar-refractivity contribution in [3.63, 3.8) is 0 Å². The molecule has 3 aromatic heterocycles. The molecule has 0 fully saturated rings. The first-order valence-electron chi connectivity index (χ1n) is 10.2. The molecule has 0 saturated carbocycles. The fraction of sp³-hybridized carbons (Fsp3) is 0.0417. The Balaban J connectivity index is 1.60. The number of nitriles is 1. The number of aromatic nitrogens is 5. The van der Waals surface area contributed by atoms with Crippen LogP contribution >= 0.6 is 0 Å². The molecule has 0 aliphatic rings. The Hall–Kier alpha value is -4.98. The second kappa shape index (κ2) is 8.75. The zero-order valence-electron chi connectivity index (χ0n) is 17.7. The highest BCUT2D eigenvalue weighted by atomic mass is 19.3. The Morgan fingerprint density at radius 2 is 1.77 bits per heavy atom. The summed E-state index contributed by atoms with van der Waals surface area (Å²) in [5, 5.41) is 20.2. The van der Waals surface area contributed by atoms with Crippen molar-refractivity contribution in [3.05, 3.63) is 95.7 Å². The van der Waals surface area contributed by atoms with Gasteiger partial charge in [0, 0.05) is 5.56 Å². The molecule has 0 bridgehead atoms. The number of benzene rings is 2. The number of fused-ring (bicyclic) bond motifs is 1. The van der Waals surface area contributed by atoms with Crippen LogP contribution in [0.25, 0.3) is 22.6 Å². The molecular formula is C24H14F3N7O. The topological polar surface area (TPSA) is 101 Å². The Bertz CT molecular complexity index is 1590. The average molecular weight is 473 g/mol. The molecule has 0 spiro atoms. The van der Waals surface area contributed by atoms with E-state index in [4.69, 9.17) is 0 Å². The van der Waals surface area contributed by atoms with E-state index in [0.717, 1.165) is 16.8 Å². The standard InChI is InChI=1S/C24H14F3N7O/c25-16-8-6-14(7-9-16)19-10-20(21(26)27)34-23(31-19)18(13-30-34)24(35)32-22-15(11-28)12-29-33(22)17-4-2-1-3-5-17/h1-10,12-13,21H,(H,32,35). The van der Waals surface area contributed by atoms with Gasteiger partial charge >= 0.3 is 0 Å². The molecule has 0 unspecified atom stereocenters. The van der Waals surface area contributed by atoms with Crippen LogP contribution in [0.4, 0.5) is 19.0 Å². The molecule has 172 valence electrons. The Labute approximate surface area is 195 Å². The van der Waals surface area contributed by atoms with E-state index in [1.54, 1.807) is 30.3 Å². The number of rotatable bonds is 5. The molecule has 35 heavy (non-hydrogen) atoms. The Kier molecular flexibility index (Phi) is 5.46. The SMILES string of the molecule is N#Cc1cnn(-c2ccccc2)c1NC(=O)c1cnn2c(C(F)F)cc(-c3ccc(F)cc3)nc12. The van der Waals surface area contributed by atoms with Gasteiger partial charge < -0.3 is 5.32 Å². The van der Waals surface area contributed by atoms with Gasteiger partial charge in [0.15, 0.2) is 11.5 Å². The molecule has 2 aromatic carbocycles. The smallest absolute Gasteiger partial charge is 0.280 e. The molecule has 0 aliphatic heterocycles. The first-order valence-corrected chi connectivity index (χ1v) is 10.2. The van der Waals surface area contributed by atoms with E-state index in [9.17, 15) is 23.2 Å². The quantitative estimate of drug-likeness (QED) is 0.396. The van der Waals surface area contributed by atoms with Crippen LogP contribution in [0, 0.1) is 17.1 Å². The molecule has 1 amide bonds. The van der Waals surface area contributed by atoms with Crippen molar-refractivity contribution in [2.45, 2.75) is 6.43 Å². The third kappa shape index (κ3) is 3.97. The molecular weight excluding hydrogens is 459 g/mol. The lowest BCUT2D eigenvalue weighted by atomic mass is 10.1. The molecule has 0 atom stereocenters. The van der Waals surface area contributed by atoms with Crippen LogP contribution in [-0.4, -0.2) is 30.3 Å². The number of carbonyl (C=O) groups is 1. The highest BCUT2D eigenvalue weighted by Gasteiger charge is 2.23. The largest absolute Gasteiger partial charge is 0.305 e. The van der Waals surface area contributed by atoms with E-state index >= 15 is 0 Å². The summed E-state index contributed by atoms with van der Waals surface area (Å²) in [6, 6.07) is 17.1. The first-order chi connectivity index (χ1) is 17.0. The van der Waals surface area contributed by atoms with Crippen LogP contribution in [0.3, 0.4) is 0 Å². The molecule has 1 N–H and O–H groups in total. The lowest BCUT2D eigenvalue weighted by Gasteiger charge is -2.10. The minimum atomic E-state index is -2.92. The lowest BCUT2D eigenvalue weighted by Crippen LogP contribution is -2.16. The average Bonchev–Trinajstić information content (AvgIpc) is 3.48. The maximum atomic E-state index is 13.8. The molecule has 8 nitrogen and oxygen atoms in total. The molecule has 5 rings (SSSR count). The normalized spacial score (nSPS) is 11.1. The van der Waals surface area contributed by atoms with Crippen LogP contribution in [0.2, 0.25) is 0 Å². The number of anilines is 1. The van der Waals surface area contributed by atoms with Crippen LogP contribution in [-0.2, 0) is 0 Å². The van der Waals surface area contributed by atoms with Crippen molar-refractivity contribution in [3.8, 4) is 23.0 Å². The highest BCUT2D eigenvalue weighted by Crippen LogP contribution is 2.28. The van der Waals surface area contributed by atoms with Gasteiger partial charge in [0.2, 0.25) is 0 Å². The summed E-state index contributed by atoms with van der Waals surface area (Å²) in [6.45, 7) is 0. The Morgan fingerprint density at radius 3 is 2.46 bits per heavy atom. The Morgan fingerprint density at radius 1 is 1.03 bits per heavy atom. The predicted molar refractivity (Wildman–Crippen MR) is 120 cm³/mol. The van der Waals surface area contributed by atoms with E-state index in [0.29, 0.717) is 11.3 Å². The predicted octanol–water partition coefficient (Wildman–Crippen LogP) is 4.78. The van der Waals surface area contributed by atoms with E-state index in [-0.39, 0.29) is 28.3 Å². The zero-order chi connectivity index (χ0) is 24.5. The van der Waals surface area contributed by atoms with Gasteiger partial charge in [-0.15, -0.1) is 0 Å². The second-order valence-corrected chi connectivity index (χ2v) is 7.39. The van der Waals surface area contributed by atoms with Crippen molar-refractivity contribution in [2.24, 2.45) is 0 Å². The monoisotopic (exact) mass is 473 g/mol. The fourth-order valence-electron chi connectivity index (χ4n) is 3.56. The van der Waals surface area contributed by atoms with Gasteiger partial charge in [0.1, 0.15) is 28.7 Å². The number of nitrogens with zero attached hydrogens (tertiary/aromatic N) is 6. The van der Waals surface area contributed by atoms with Crippen molar-refractivity contribution in [1.29, 1.82) is 5.26 Å². The number of carbonyl (C=O) groups excluding carboxylic acids is 1. The molecule has 11 heteroatoms. The molecule has 3 heterocycles. The van der Waals surface area contributed by atoms with Crippen LogP contribution in [0.1, 0.15) is 28.0 Å². The number of hydrogen-bond donors (Lipinski definition) is 1. The van der Waals surface area contributed by atoms with Gasteiger partial charge in [-0.05, 0) is 42.5 Å². The van der Waals surface area contributed by atoms with E-state index in [1.165, 1.54) is 35.1 Å². The maximum absolute atomic E-state index is 13.8. The summed E-state index contributed by atoms with van der Waals surface area (Å²) in [5.41, 5.74) is 0.504. The highest BCUT2D eigenvalue weighted by molar-refractivity contribution is 6.08. The van der Waals surface area contributed by atoms with Gasteiger partial charge in [0.05, 0.1) is 23.8 Å². The molecule has 5 aromatic rings. The summed E-state index contributed by atoms with van der Waals surface area (Å²) in [6.07, 6.45) is -0.494. The minimum absolute atomic E-state index is 0.0967. The van der Waals surface area contributed by atoms with Crippen LogP contribution in [0.15, 0.2) is 73.1 Å². The lowest BCUT2D eigenvalue weighted by molar-refractivity contribution is 0.102. The number of amides is 1. The molecule has 0 aliphatic carbocycles. The summed E-state index contributed by atoms with van der Waals surface area (Å²) in [7, 11) is 0. The van der Waals surface area contributed by atoms with Crippen molar-refractivity contribution >= 4 is 17.4 Å². The number of halogens is 3. The van der Waals surface area contributed by atoms with Gasteiger partial charge in [-0.2, -0.15) is 15.5 Å². The van der Waals surface area contributed by atoms with Crippen LogP contribution < -0.4 is 5.32 Å². The number of nitrogens with one attached hydrogen (secondary N) is 1. The summed E-state index contributed by atoms with van der Waals surface area (Å²) < 4.78 is 43.2. The zero-order valence-corrected chi connectivity index (χ0v) is 17.7. The second-order valence-electron chi connectivity index (χ2n) is 7.39.